The Balaban J connectivity index is 1.58. The number of aryl methyl sites for hydroxylation is 1. The van der Waals surface area contributed by atoms with E-state index < -0.39 is 0 Å². The first-order valence-corrected chi connectivity index (χ1v) is 10.4. The smallest absolute Gasteiger partial charge is 0.191 e. The molecule has 1 unspecified atom stereocenters. The van der Waals surface area contributed by atoms with Gasteiger partial charge in [0.05, 0.1) is 16.6 Å². The van der Waals surface area contributed by atoms with Gasteiger partial charge in [0, 0.05) is 38.6 Å². The minimum absolute atomic E-state index is 0.146. The van der Waals surface area contributed by atoms with Gasteiger partial charge in [-0.1, -0.05) is 43.1 Å². The van der Waals surface area contributed by atoms with E-state index in [0.717, 1.165) is 42.6 Å². The summed E-state index contributed by atoms with van der Waals surface area (Å²) in [7, 11) is 3.43. The molecule has 0 radical (unpaired) electrons. The van der Waals surface area contributed by atoms with E-state index in [-0.39, 0.29) is 11.5 Å². The predicted molar refractivity (Wildman–Crippen MR) is 117 cm³/mol. The molecule has 0 bridgehead atoms. The lowest BCUT2D eigenvalue weighted by Crippen LogP contribution is -2.49. The maximum atomic E-state index is 6.19. The van der Waals surface area contributed by atoms with Gasteiger partial charge in [-0.15, -0.1) is 0 Å². The normalized spacial score (nSPS) is 17.2. The van der Waals surface area contributed by atoms with Crippen LogP contribution in [0.3, 0.4) is 0 Å². The van der Waals surface area contributed by atoms with Crippen molar-refractivity contribution in [1.82, 2.24) is 25.4 Å². The SMILES string of the molecule is CN=C(NCC(C)(C)c1ccc(Cl)c(Cl)c1)NC1CCc2nc(COC)nn2C1. The van der Waals surface area contributed by atoms with Crippen molar-refractivity contribution in [2.75, 3.05) is 20.7 Å². The van der Waals surface area contributed by atoms with Gasteiger partial charge in [-0.25, -0.2) is 9.67 Å². The second kappa shape index (κ2) is 9.32. The molecule has 3 rings (SSSR count). The number of aromatic nitrogens is 3. The number of hydrogen-bond acceptors (Lipinski definition) is 4. The fourth-order valence-electron chi connectivity index (χ4n) is 3.38. The monoisotopic (exact) mass is 438 g/mol. The standard InChI is InChI=1S/C20H28Cl2N6O/c1-20(2,13-5-7-15(21)16(22)9-13)12-24-19(23-3)25-14-6-8-18-26-17(11-29-4)27-28(18)10-14/h5,7,9,14H,6,8,10-12H2,1-4H3,(H2,23,24,25). The molecule has 2 aromatic rings. The molecular weight excluding hydrogens is 411 g/mol. The number of benzene rings is 1. The van der Waals surface area contributed by atoms with Crippen molar-refractivity contribution in [3.8, 4) is 0 Å². The van der Waals surface area contributed by atoms with Gasteiger partial charge in [-0.05, 0) is 24.1 Å². The Bertz CT molecular complexity index is 880. The Hall–Kier alpha value is -1.83. The zero-order valence-corrected chi connectivity index (χ0v) is 18.8. The molecule has 7 nitrogen and oxygen atoms in total. The van der Waals surface area contributed by atoms with Crippen LogP contribution >= 0.6 is 23.2 Å². The van der Waals surface area contributed by atoms with Crippen LogP contribution in [0.4, 0.5) is 0 Å². The van der Waals surface area contributed by atoms with Crippen LogP contribution < -0.4 is 10.6 Å². The zero-order valence-electron chi connectivity index (χ0n) is 17.3. The fourth-order valence-corrected chi connectivity index (χ4v) is 3.68. The number of nitrogens with zero attached hydrogens (tertiary/aromatic N) is 4. The summed E-state index contributed by atoms with van der Waals surface area (Å²) < 4.78 is 7.09. The summed E-state index contributed by atoms with van der Waals surface area (Å²) in [6.07, 6.45) is 1.85. The van der Waals surface area contributed by atoms with E-state index >= 15 is 0 Å². The topological polar surface area (TPSA) is 76.4 Å². The van der Waals surface area contributed by atoms with Gasteiger partial charge >= 0.3 is 0 Å². The van der Waals surface area contributed by atoms with E-state index in [2.05, 4.69) is 39.6 Å². The fraction of sp³-hybridized carbons (Fsp3) is 0.550. The second-order valence-corrected chi connectivity index (χ2v) is 8.69. The van der Waals surface area contributed by atoms with Crippen molar-refractivity contribution >= 4 is 29.2 Å². The molecule has 0 fully saturated rings. The summed E-state index contributed by atoms with van der Waals surface area (Å²) in [6, 6.07) is 6.01. The van der Waals surface area contributed by atoms with Crippen molar-refractivity contribution in [2.45, 2.75) is 51.3 Å². The lowest BCUT2D eigenvalue weighted by molar-refractivity contribution is 0.177. The van der Waals surface area contributed by atoms with Crippen LogP contribution in [0.25, 0.3) is 0 Å². The number of methoxy groups -OCH3 is 1. The third kappa shape index (κ3) is 5.41. The van der Waals surface area contributed by atoms with E-state index in [4.69, 9.17) is 27.9 Å². The van der Waals surface area contributed by atoms with E-state index in [0.29, 0.717) is 23.2 Å². The molecule has 2 N–H and O–H groups in total. The van der Waals surface area contributed by atoms with Crippen molar-refractivity contribution in [3.63, 3.8) is 0 Å². The Morgan fingerprint density at radius 3 is 2.83 bits per heavy atom. The number of nitrogens with one attached hydrogen (secondary N) is 2. The van der Waals surface area contributed by atoms with Crippen molar-refractivity contribution in [1.29, 1.82) is 0 Å². The van der Waals surface area contributed by atoms with Gasteiger partial charge in [0.25, 0.3) is 0 Å². The molecule has 0 saturated heterocycles. The van der Waals surface area contributed by atoms with Crippen LogP contribution in [0, 0.1) is 0 Å². The second-order valence-electron chi connectivity index (χ2n) is 7.88. The molecule has 0 saturated carbocycles. The molecule has 0 aliphatic carbocycles. The number of aliphatic imine (C=N–C) groups is 1. The first-order valence-electron chi connectivity index (χ1n) is 9.66. The molecule has 29 heavy (non-hydrogen) atoms. The highest BCUT2D eigenvalue weighted by Crippen LogP contribution is 2.29. The minimum atomic E-state index is -0.146. The third-order valence-corrected chi connectivity index (χ3v) is 5.88. The van der Waals surface area contributed by atoms with Crippen LogP contribution in [0.15, 0.2) is 23.2 Å². The molecular formula is C20H28Cl2N6O. The van der Waals surface area contributed by atoms with Gasteiger partial charge in [0.15, 0.2) is 11.8 Å². The van der Waals surface area contributed by atoms with E-state index in [1.54, 1.807) is 14.2 Å². The highest BCUT2D eigenvalue weighted by molar-refractivity contribution is 6.42. The average Bonchev–Trinajstić information content (AvgIpc) is 3.09. The highest BCUT2D eigenvalue weighted by Gasteiger charge is 2.25. The quantitative estimate of drug-likeness (QED) is 0.534. The molecule has 0 amide bonds. The lowest BCUT2D eigenvalue weighted by Gasteiger charge is -2.29. The van der Waals surface area contributed by atoms with Crippen LogP contribution in [0.1, 0.15) is 37.5 Å². The Morgan fingerprint density at radius 2 is 2.14 bits per heavy atom. The van der Waals surface area contributed by atoms with E-state index in [1.165, 1.54) is 0 Å². The lowest BCUT2D eigenvalue weighted by atomic mass is 9.84. The summed E-state index contributed by atoms with van der Waals surface area (Å²) in [4.78, 5) is 8.91. The molecule has 9 heteroatoms. The van der Waals surface area contributed by atoms with Crippen molar-refractivity contribution < 1.29 is 4.74 Å². The van der Waals surface area contributed by atoms with E-state index in [1.807, 2.05) is 22.9 Å². The summed E-state index contributed by atoms with van der Waals surface area (Å²) in [5.41, 5.74) is 0.970. The largest absolute Gasteiger partial charge is 0.377 e. The van der Waals surface area contributed by atoms with Crippen LogP contribution in [0.5, 0.6) is 0 Å². The van der Waals surface area contributed by atoms with Crippen LogP contribution in [0.2, 0.25) is 10.0 Å². The van der Waals surface area contributed by atoms with Gasteiger partial charge in [0.1, 0.15) is 12.4 Å². The molecule has 1 aromatic heterocycles. The van der Waals surface area contributed by atoms with Gasteiger partial charge in [-0.2, -0.15) is 5.10 Å². The van der Waals surface area contributed by atoms with E-state index in [9.17, 15) is 0 Å². The molecule has 158 valence electrons. The van der Waals surface area contributed by atoms with Crippen LogP contribution in [-0.4, -0.2) is 47.5 Å². The first kappa shape index (κ1) is 21.9. The predicted octanol–water partition coefficient (Wildman–Crippen LogP) is 3.19. The maximum absolute atomic E-state index is 6.19. The van der Waals surface area contributed by atoms with Crippen LogP contribution in [-0.2, 0) is 29.7 Å². The number of ether oxygens (including phenoxy) is 1. The summed E-state index contributed by atoms with van der Waals surface area (Å²) in [5.74, 6) is 2.51. The summed E-state index contributed by atoms with van der Waals surface area (Å²) in [6.45, 7) is 6.21. The number of guanidine groups is 1. The Labute approximate surface area is 181 Å². The first-order chi connectivity index (χ1) is 13.8. The minimum Gasteiger partial charge on any atom is -0.377 e. The molecule has 1 aliphatic rings. The average molecular weight is 439 g/mol. The molecule has 0 spiro atoms. The summed E-state index contributed by atoms with van der Waals surface area (Å²) in [5, 5.41) is 12.6. The third-order valence-electron chi connectivity index (χ3n) is 5.14. The number of halogens is 2. The number of rotatable bonds is 6. The van der Waals surface area contributed by atoms with Gasteiger partial charge < -0.3 is 15.4 Å². The Morgan fingerprint density at radius 1 is 1.34 bits per heavy atom. The van der Waals surface area contributed by atoms with Gasteiger partial charge in [-0.3, -0.25) is 4.99 Å². The molecule has 1 aliphatic heterocycles. The maximum Gasteiger partial charge on any atom is 0.191 e. The Kier molecular flexibility index (Phi) is 7.03. The molecule has 1 atom stereocenters. The number of hydrogen-bond donors (Lipinski definition) is 2. The van der Waals surface area contributed by atoms with Gasteiger partial charge in [0.2, 0.25) is 0 Å². The van der Waals surface area contributed by atoms with Crippen molar-refractivity contribution in [3.05, 3.63) is 45.5 Å². The molecule has 2 heterocycles. The zero-order chi connectivity index (χ0) is 21.0. The summed E-state index contributed by atoms with van der Waals surface area (Å²) >= 11 is 12.2. The van der Waals surface area contributed by atoms with Crippen molar-refractivity contribution in [2.24, 2.45) is 4.99 Å². The highest BCUT2D eigenvalue weighted by atomic mass is 35.5. The molecule has 1 aromatic carbocycles. The number of fused-ring (bicyclic) bond motifs is 1.